The van der Waals surface area contributed by atoms with Gasteiger partial charge in [-0.1, -0.05) is 11.6 Å². The van der Waals surface area contributed by atoms with E-state index in [0.29, 0.717) is 5.02 Å². The van der Waals surface area contributed by atoms with Crippen LogP contribution in [0.2, 0.25) is 5.02 Å². The van der Waals surface area contributed by atoms with Gasteiger partial charge in [0, 0.05) is 11.2 Å². The molecule has 2 aromatic rings. The molecule has 0 aliphatic carbocycles. The minimum atomic E-state index is -4.00. The second-order valence-corrected chi connectivity index (χ2v) is 6.32. The van der Waals surface area contributed by atoms with Crippen LogP contribution in [0.3, 0.4) is 0 Å². The smallest absolute Gasteiger partial charge is 0.355 e. The molecular weight excluding hydrogens is 316 g/mol. The maximum Gasteiger partial charge on any atom is 0.355 e. The van der Waals surface area contributed by atoms with Gasteiger partial charge in [0.15, 0.2) is 0 Å². The van der Waals surface area contributed by atoms with Gasteiger partial charge in [-0.05, 0) is 37.3 Å². The highest BCUT2D eigenvalue weighted by Gasteiger charge is 2.25. The van der Waals surface area contributed by atoms with E-state index in [-0.39, 0.29) is 22.9 Å². The molecule has 0 amide bonds. The van der Waals surface area contributed by atoms with Crippen molar-refractivity contribution >= 4 is 33.3 Å². The number of nitrogen functional groups attached to an aromatic ring is 1. The SMILES string of the molecule is CCOC(=O)c1cccn1S(=O)(=O)c1ccc(Cl)cc1N. The number of aromatic nitrogens is 1. The molecule has 6 nitrogen and oxygen atoms in total. The highest BCUT2D eigenvalue weighted by molar-refractivity contribution is 7.90. The van der Waals surface area contributed by atoms with Crippen molar-refractivity contribution in [2.45, 2.75) is 11.8 Å². The molecule has 0 saturated carbocycles. The van der Waals surface area contributed by atoms with Crippen LogP contribution in [0, 0.1) is 0 Å². The Bertz CT molecular complexity index is 783. The molecule has 0 atom stereocenters. The standard InChI is InChI=1S/C13H13ClN2O4S/c1-2-20-13(17)11-4-3-7-16(11)21(18,19)12-6-5-9(14)8-10(12)15/h3-8H,2,15H2,1H3. The number of nitrogens with two attached hydrogens (primary N) is 1. The highest BCUT2D eigenvalue weighted by Crippen LogP contribution is 2.25. The van der Waals surface area contributed by atoms with Crippen LogP contribution in [0.1, 0.15) is 17.4 Å². The van der Waals surface area contributed by atoms with Gasteiger partial charge < -0.3 is 10.5 Å². The van der Waals surface area contributed by atoms with Crippen molar-refractivity contribution in [3.63, 3.8) is 0 Å². The fourth-order valence-corrected chi connectivity index (χ4v) is 3.41. The molecule has 0 spiro atoms. The number of anilines is 1. The lowest BCUT2D eigenvalue weighted by Crippen LogP contribution is -2.20. The fraction of sp³-hybridized carbons (Fsp3) is 0.154. The first kappa shape index (κ1) is 15.4. The van der Waals surface area contributed by atoms with Crippen LogP contribution >= 0.6 is 11.6 Å². The monoisotopic (exact) mass is 328 g/mol. The average molecular weight is 329 g/mol. The lowest BCUT2D eigenvalue weighted by Gasteiger charge is -2.11. The Kier molecular flexibility index (Phi) is 4.24. The van der Waals surface area contributed by atoms with Gasteiger partial charge in [0.2, 0.25) is 0 Å². The predicted molar refractivity (Wildman–Crippen MR) is 78.8 cm³/mol. The Balaban J connectivity index is 2.55. The number of carbonyl (C=O) groups excluding carboxylic acids is 1. The van der Waals surface area contributed by atoms with E-state index < -0.39 is 16.0 Å². The van der Waals surface area contributed by atoms with E-state index in [2.05, 4.69) is 0 Å². The van der Waals surface area contributed by atoms with E-state index >= 15 is 0 Å². The number of nitrogens with zero attached hydrogens (tertiary/aromatic N) is 1. The third-order valence-corrected chi connectivity index (χ3v) is 4.71. The number of hydrogen-bond donors (Lipinski definition) is 1. The summed E-state index contributed by atoms with van der Waals surface area (Å²) in [6, 6.07) is 6.85. The third-order valence-electron chi connectivity index (χ3n) is 2.71. The van der Waals surface area contributed by atoms with Crippen LogP contribution in [-0.4, -0.2) is 25.0 Å². The fourth-order valence-electron chi connectivity index (χ4n) is 1.80. The Hall–Kier alpha value is -1.99. The zero-order chi connectivity index (χ0) is 15.6. The van der Waals surface area contributed by atoms with E-state index in [1.807, 2.05) is 0 Å². The van der Waals surface area contributed by atoms with Gasteiger partial charge in [-0.2, -0.15) is 0 Å². The van der Waals surface area contributed by atoms with E-state index in [9.17, 15) is 13.2 Å². The molecule has 0 bridgehead atoms. The summed E-state index contributed by atoms with van der Waals surface area (Å²) in [4.78, 5) is 11.7. The number of carbonyl (C=O) groups is 1. The van der Waals surface area contributed by atoms with Crippen LogP contribution in [0.4, 0.5) is 5.69 Å². The van der Waals surface area contributed by atoms with E-state index in [1.54, 1.807) is 6.92 Å². The molecule has 8 heteroatoms. The summed E-state index contributed by atoms with van der Waals surface area (Å²) >= 11 is 5.76. The summed E-state index contributed by atoms with van der Waals surface area (Å²) in [5.74, 6) is -0.724. The molecule has 2 rings (SSSR count). The van der Waals surface area contributed by atoms with Crippen LogP contribution in [-0.2, 0) is 14.8 Å². The zero-order valence-corrected chi connectivity index (χ0v) is 12.7. The second-order valence-electron chi connectivity index (χ2n) is 4.10. The van der Waals surface area contributed by atoms with Gasteiger partial charge in [-0.25, -0.2) is 17.2 Å². The Morgan fingerprint density at radius 2 is 2.10 bits per heavy atom. The molecule has 2 N–H and O–H groups in total. The van der Waals surface area contributed by atoms with Gasteiger partial charge in [-0.3, -0.25) is 0 Å². The molecule has 0 aliphatic rings. The number of esters is 1. The van der Waals surface area contributed by atoms with E-state index in [4.69, 9.17) is 22.1 Å². The first-order valence-corrected chi connectivity index (χ1v) is 7.84. The van der Waals surface area contributed by atoms with Crippen molar-refractivity contribution in [2.24, 2.45) is 0 Å². The van der Waals surface area contributed by atoms with Gasteiger partial charge in [-0.15, -0.1) is 0 Å². The Labute approximate surface area is 127 Å². The minimum absolute atomic E-state index is 0.00556. The molecule has 0 radical (unpaired) electrons. The molecule has 0 saturated heterocycles. The summed E-state index contributed by atoms with van der Waals surface area (Å²) in [6.07, 6.45) is 1.26. The van der Waals surface area contributed by atoms with Gasteiger partial charge >= 0.3 is 5.97 Å². The molecule has 21 heavy (non-hydrogen) atoms. The normalized spacial score (nSPS) is 11.3. The molecule has 0 unspecified atom stereocenters. The molecule has 0 aliphatic heterocycles. The number of benzene rings is 1. The number of rotatable bonds is 4. The summed E-state index contributed by atoms with van der Waals surface area (Å²) < 4.78 is 30.8. The maximum absolute atomic E-state index is 12.6. The minimum Gasteiger partial charge on any atom is -0.461 e. The van der Waals surface area contributed by atoms with Gasteiger partial charge in [0.1, 0.15) is 10.6 Å². The maximum atomic E-state index is 12.6. The van der Waals surface area contributed by atoms with Crippen molar-refractivity contribution < 1.29 is 17.9 Å². The van der Waals surface area contributed by atoms with Crippen LogP contribution in [0.25, 0.3) is 0 Å². The first-order chi connectivity index (χ1) is 9.87. The van der Waals surface area contributed by atoms with Crippen molar-refractivity contribution in [1.29, 1.82) is 0 Å². The zero-order valence-electron chi connectivity index (χ0n) is 11.1. The first-order valence-electron chi connectivity index (χ1n) is 6.03. The third kappa shape index (κ3) is 2.88. The predicted octanol–water partition coefficient (Wildman–Crippen LogP) is 2.14. The summed E-state index contributed by atoms with van der Waals surface area (Å²) in [5.41, 5.74) is 5.62. The van der Waals surface area contributed by atoms with E-state index in [1.165, 1.54) is 36.5 Å². The van der Waals surface area contributed by atoms with Crippen molar-refractivity contribution in [1.82, 2.24) is 3.97 Å². The van der Waals surface area contributed by atoms with Gasteiger partial charge in [0.05, 0.1) is 12.3 Å². The molecule has 1 heterocycles. The molecule has 0 fully saturated rings. The molecule has 1 aromatic carbocycles. The quantitative estimate of drug-likeness (QED) is 0.685. The number of hydrogen-bond acceptors (Lipinski definition) is 5. The second kappa shape index (κ2) is 5.79. The lowest BCUT2D eigenvalue weighted by atomic mass is 10.3. The summed E-state index contributed by atoms with van der Waals surface area (Å²) in [7, 11) is -4.00. The van der Waals surface area contributed by atoms with Crippen LogP contribution in [0.15, 0.2) is 41.4 Å². The highest BCUT2D eigenvalue weighted by atomic mass is 35.5. The van der Waals surface area contributed by atoms with Crippen LogP contribution < -0.4 is 5.73 Å². The Morgan fingerprint density at radius 3 is 2.71 bits per heavy atom. The Morgan fingerprint density at radius 1 is 1.38 bits per heavy atom. The number of halogens is 1. The van der Waals surface area contributed by atoms with Crippen molar-refractivity contribution in [3.8, 4) is 0 Å². The topological polar surface area (TPSA) is 91.4 Å². The molecule has 112 valence electrons. The molecular formula is C13H13ClN2O4S. The summed E-state index contributed by atoms with van der Waals surface area (Å²) in [5, 5.41) is 0.324. The summed E-state index contributed by atoms with van der Waals surface area (Å²) in [6.45, 7) is 1.78. The number of ether oxygens (including phenoxy) is 1. The molecule has 1 aromatic heterocycles. The van der Waals surface area contributed by atoms with E-state index in [0.717, 1.165) is 3.97 Å². The largest absolute Gasteiger partial charge is 0.461 e. The lowest BCUT2D eigenvalue weighted by molar-refractivity contribution is 0.0518. The van der Waals surface area contributed by atoms with Crippen LogP contribution in [0.5, 0.6) is 0 Å². The average Bonchev–Trinajstić information content (AvgIpc) is 2.88. The van der Waals surface area contributed by atoms with Crippen molar-refractivity contribution in [2.75, 3.05) is 12.3 Å². The van der Waals surface area contributed by atoms with Crippen molar-refractivity contribution in [3.05, 3.63) is 47.2 Å². The van der Waals surface area contributed by atoms with Gasteiger partial charge in [0.25, 0.3) is 10.0 Å².